The van der Waals surface area contributed by atoms with E-state index < -0.39 is 6.61 Å². The Labute approximate surface area is 192 Å². The van der Waals surface area contributed by atoms with E-state index in [1.807, 2.05) is 0 Å². The van der Waals surface area contributed by atoms with Crippen LogP contribution in [0.3, 0.4) is 0 Å². The van der Waals surface area contributed by atoms with Gasteiger partial charge in [-0.15, -0.1) is 6.58 Å². The predicted octanol–water partition coefficient (Wildman–Crippen LogP) is 5.24. The molecule has 0 bridgehead atoms. The molecule has 0 N–H and O–H groups in total. The fourth-order valence-electron chi connectivity index (χ4n) is 3.70. The highest BCUT2D eigenvalue weighted by Gasteiger charge is 2.34. The molecule has 1 aliphatic carbocycles. The Hall–Kier alpha value is -3.29. The van der Waals surface area contributed by atoms with E-state index in [4.69, 9.17) is 14.2 Å². The Morgan fingerprint density at radius 2 is 1.91 bits per heavy atom. The Bertz CT molecular complexity index is 991. The molecule has 1 amide bonds. The number of carbonyl (C=O) groups is 1. The number of ether oxygens (including phenoxy) is 4. The zero-order valence-electron chi connectivity index (χ0n) is 19.1. The van der Waals surface area contributed by atoms with Gasteiger partial charge in [0.25, 0.3) is 5.91 Å². The molecule has 1 saturated carbocycles. The van der Waals surface area contributed by atoms with Gasteiger partial charge in [0.1, 0.15) is 0 Å². The summed E-state index contributed by atoms with van der Waals surface area (Å²) in [5.74, 6) is 1.09. The normalized spacial score (nSPS) is 12.9. The molecule has 0 saturated heterocycles. The predicted molar refractivity (Wildman–Crippen MR) is 121 cm³/mol. The average Bonchev–Trinajstić information content (AvgIpc) is 3.63. The highest BCUT2D eigenvalue weighted by atomic mass is 19.3. The molecule has 2 aromatic rings. The number of halogens is 2. The Kier molecular flexibility index (Phi) is 8.14. The molecule has 1 aliphatic rings. The third kappa shape index (κ3) is 5.94. The largest absolute Gasteiger partial charge is 0.493 e. The first kappa shape index (κ1) is 24.4. The number of benzene rings is 2. The van der Waals surface area contributed by atoms with E-state index in [1.54, 1.807) is 49.3 Å². The number of hydrogen-bond donors (Lipinski definition) is 0. The number of methoxy groups -OCH3 is 2. The first-order valence-corrected chi connectivity index (χ1v) is 10.8. The van der Waals surface area contributed by atoms with Crippen molar-refractivity contribution in [2.45, 2.75) is 45.4 Å². The molecule has 33 heavy (non-hydrogen) atoms. The highest BCUT2D eigenvalue weighted by Crippen LogP contribution is 2.37. The second-order valence-electron chi connectivity index (χ2n) is 7.62. The molecule has 0 unspecified atom stereocenters. The van der Waals surface area contributed by atoms with Gasteiger partial charge < -0.3 is 23.8 Å². The molecule has 6 nitrogen and oxygen atoms in total. The van der Waals surface area contributed by atoms with E-state index in [0.717, 1.165) is 24.0 Å². The van der Waals surface area contributed by atoms with E-state index >= 15 is 0 Å². The summed E-state index contributed by atoms with van der Waals surface area (Å²) in [6.07, 6.45) is 4.07. The summed E-state index contributed by atoms with van der Waals surface area (Å²) in [5.41, 5.74) is 2.05. The molecule has 178 valence electrons. The standard InChI is InChI=1S/C25H29F2NO5/c1-5-7-17-13-18(14-22(30-3)23(17)31-4)24(29)28(19-9-10-19)15-16-8-11-20(33-25(26)27)21(12-16)32-6-2/h5,8,11-14,19,25H,1,6-7,9-10,15H2,2-4H3. The third-order valence-electron chi connectivity index (χ3n) is 5.29. The number of hydrogen-bond acceptors (Lipinski definition) is 5. The molecule has 1 fully saturated rings. The summed E-state index contributed by atoms with van der Waals surface area (Å²) in [6, 6.07) is 8.34. The fraction of sp³-hybridized carbons (Fsp3) is 0.400. The number of rotatable bonds is 12. The summed E-state index contributed by atoms with van der Waals surface area (Å²) in [6.45, 7) is 3.20. The van der Waals surface area contributed by atoms with Crippen molar-refractivity contribution >= 4 is 5.91 Å². The number of nitrogens with zero attached hydrogens (tertiary/aromatic N) is 1. The van der Waals surface area contributed by atoms with Crippen LogP contribution in [0, 0.1) is 0 Å². The quantitative estimate of drug-likeness (QED) is 0.405. The SMILES string of the molecule is C=CCc1cc(C(=O)N(Cc2ccc(OC(F)F)c(OCC)c2)C2CC2)cc(OC)c1OC. The third-order valence-corrected chi connectivity index (χ3v) is 5.29. The molecule has 2 aromatic carbocycles. The smallest absolute Gasteiger partial charge is 0.387 e. The van der Waals surface area contributed by atoms with Crippen LogP contribution in [-0.4, -0.2) is 44.3 Å². The van der Waals surface area contributed by atoms with Crippen LogP contribution in [0.4, 0.5) is 8.78 Å². The number of carbonyl (C=O) groups excluding carboxylic acids is 1. The van der Waals surface area contributed by atoms with Crippen molar-refractivity contribution in [3.8, 4) is 23.0 Å². The van der Waals surface area contributed by atoms with Crippen molar-refractivity contribution in [2.24, 2.45) is 0 Å². The Morgan fingerprint density at radius 1 is 1.15 bits per heavy atom. The van der Waals surface area contributed by atoms with Crippen molar-refractivity contribution in [2.75, 3.05) is 20.8 Å². The molecule has 0 radical (unpaired) electrons. The van der Waals surface area contributed by atoms with Gasteiger partial charge in [0.15, 0.2) is 23.0 Å². The lowest BCUT2D eigenvalue weighted by molar-refractivity contribution is -0.0514. The van der Waals surface area contributed by atoms with Crippen LogP contribution in [0.1, 0.15) is 41.3 Å². The number of amides is 1. The maximum atomic E-state index is 13.5. The van der Waals surface area contributed by atoms with Gasteiger partial charge in [0, 0.05) is 23.7 Å². The van der Waals surface area contributed by atoms with Gasteiger partial charge in [-0.05, 0) is 56.0 Å². The molecule has 3 rings (SSSR count). The number of allylic oxidation sites excluding steroid dienone is 1. The van der Waals surface area contributed by atoms with Crippen molar-refractivity contribution < 1.29 is 32.5 Å². The molecular weight excluding hydrogens is 432 g/mol. The Morgan fingerprint density at radius 3 is 2.48 bits per heavy atom. The minimum absolute atomic E-state index is 0.0335. The monoisotopic (exact) mass is 461 g/mol. The lowest BCUT2D eigenvalue weighted by Crippen LogP contribution is -2.32. The van der Waals surface area contributed by atoms with Crippen LogP contribution in [-0.2, 0) is 13.0 Å². The van der Waals surface area contributed by atoms with E-state index in [-0.39, 0.29) is 23.4 Å². The summed E-state index contributed by atoms with van der Waals surface area (Å²) in [7, 11) is 3.08. The lowest BCUT2D eigenvalue weighted by atomic mass is 10.0. The van der Waals surface area contributed by atoms with E-state index in [2.05, 4.69) is 11.3 Å². The molecule has 0 aromatic heterocycles. The minimum atomic E-state index is -2.95. The average molecular weight is 462 g/mol. The van der Waals surface area contributed by atoms with Crippen LogP contribution >= 0.6 is 0 Å². The van der Waals surface area contributed by atoms with E-state index in [0.29, 0.717) is 36.6 Å². The first-order valence-electron chi connectivity index (χ1n) is 10.8. The molecule has 0 atom stereocenters. The topological polar surface area (TPSA) is 57.2 Å². The molecular formula is C25H29F2NO5. The first-order chi connectivity index (χ1) is 15.9. The van der Waals surface area contributed by atoms with Gasteiger partial charge in [-0.3, -0.25) is 4.79 Å². The van der Waals surface area contributed by atoms with Crippen molar-refractivity contribution in [1.82, 2.24) is 4.90 Å². The Balaban J connectivity index is 1.91. The molecule has 0 heterocycles. The number of alkyl halides is 2. The van der Waals surface area contributed by atoms with Crippen molar-refractivity contribution in [3.63, 3.8) is 0 Å². The minimum Gasteiger partial charge on any atom is -0.493 e. The second-order valence-corrected chi connectivity index (χ2v) is 7.62. The van der Waals surface area contributed by atoms with Crippen LogP contribution in [0.2, 0.25) is 0 Å². The molecule has 8 heteroatoms. The van der Waals surface area contributed by atoms with Gasteiger partial charge in [0.05, 0.1) is 20.8 Å². The van der Waals surface area contributed by atoms with Crippen LogP contribution < -0.4 is 18.9 Å². The summed E-state index contributed by atoms with van der Waals surface area (Å²) in [5, 5.41) is 0. The lowest BCUT2D eigenvalue weighted by Gasteiger charge is -2.24. The molecule has 0 spiro atoms. The fourth-order valence-corrected chi connectivity index (χ4v) is 3.70. The van der Waals surface area contributed by atoms with Gasteiger partial charge in [-0.2, -0.15) is 8.78 Å². The highest BCUT2D eigenvalue weighted by molar-refractivity contribution is 5.95. The van der Waals surface area contributed by atoms with Crippen molar-refractivity contribution in [3.05, 3.63) is 59.7 Å². The zero-order chi connectivity index (χ0) is 24.0. The van der Waals surface area contributed by atoms with Gasteiger partial charge in [-0.25, -0.2) is 0 Å². The van der Waals surface area contributed by atoms with Gasteiger partial charge >= 0.3 is 6.61 Å². The maximum Gasteiger partial charge on any atom is 0.387 e. The van der Waals surface area contributed by atoms with Crippen LogP contribution in [0.5, 0.6) is 23.0 Å². The zero-order valence-corrected chi connectivity index (χ0v) is 19.1. The maximum absolute atomic E-state index is 13.5. The second kappa shape index (κ2) is 11.0. The summed E-state index contributed by atoms with van der Waals surface area (Å²) < 4.78 is 46.4. The van der Waals surface area contributed by atoms with Gasteiger partial charge in [0.2, 0.25) is 0 Å². The summed E-state index contributed by atoms with van der Waals surface area (Å²) in [4.78, 5) is 15.3. The van der Waals surface area contributed by atoms with E-state index in [1.165, 1.54) is 13.2 Å². The van der Waals surface area contributed by atoms with Crippen molar-refractivity contribution in [1.29, 1.82) is 0 Å². The summed E-state index contributed by atoms with van der Waals surface area (Å²) >= 11 is 0. The van der Waals surface area contributed by atoms with Gasteiger partial charge in [-0.1, -0.05) is 12.1 Å². The van der Waals surface area contributed by atoms with Crippen LogP contribution in [0.25, 0.3) is 0 Å². The van der Waals surface area contributed by atoms with E-state index in [9.17, 15) is 13.6 Å². The molecule has 0 aliphatic heterocycles. The van der Waals surface area contributed by atoms with Crippen LogP contribution in [0.15, 0.2) is 43.0 Å².